The standard InChI is InChI=1S/C27H29F4N5O2/c1-5-18-15-35(24-12-25(37)34(4)23-10-7-17(13-32)33-26(23)24)16(3)14-36(18)22(6-2)20-9-8-19(11-21(20)28)38-27(29,30)31/h7-12,16,18,22H,5-6,14-15H2,1-4H3/t16-,18+,22?/m0/s1. The molecule has 0 aliphatic carbocycles. The highest BCUT2D eigenvalue weighted by molar-refractivity contribution is 5.89. The molecule has 1 aliphatic rings. The summed E-state index contributed by atoms with van der Waals surface area (Å²) in [6.45, 7) is 6.97. The van der Waals surface area contributed by atoms with E-state index in [9.17, 15) is 23.2 Å². The summed E-state index contributed by atoms with van der Waals surface area (Å²) >= 11 is 0. The third-order valence-electron chi connectivity index (χ3n) is 7.20. The lowest BCUT2D eigenvalue weighted by Gasteiger charge is -2.49. The molecule has 1 aromatic carbocycles. The lowest BCUT2D eigenvalue weighted by Crippen LogP contribution is -2.58. The molecule has 1 aliphatic heterocycles. The van der Waals surface area contributed by atoms with Crippen molar-refractivity contribution in [2.75, 3.05) is 18.0 Å². The summed E-state index contributed by atoms with van der Waals surface area (Å²) in [4.78, 5) is 21.6. The number of nitrogens with zero attached hydrogens (tertiary/aromatic N) is 5. The average Bonchev–Trinajstić information content (AvgIpc) is 2.87. The van der Waals surface area contributed by atoms with Gasteiger partial charge in [0.15, 0.2) is 0 Å². The van der Waals surface area contributed by atoms with Crippen LogP contribution < -0.4 is 15.2 Å². The molecule has 202 valence electrons. The first kappa shape index (κ1) is 27.4. The molecule has 0 amide bonds. The zero-order valence-electron chi connectivity index (χ0n) is 21.6. The van der Waals surface area contributed by atoms with Crippen LogP contribution in [0.2, 0.25) is 0 Å². The van der Waals surface area contributed by atoms with E-state index in [1.165, 1.54) is 16.7 Å². The number of nitriles is 1. The van der Waals surface area contributed by atoms with Crippen LogP contribution >= 0.6 is 0 Å². The Hall–Kier alpha value is -3.65. The summed E-state index contributed by atoms with van der Waals surface area (Å²) in [6, 6.07) is 9.63. The van der Waals surface area contributed by atoms with Gasteiger partial charge in [0.2, 0.25) is 0 Å². The minimum Gasteiger partial charge on any atom is -0.406 e. The van der Waals surface area contributed by atoms with Gasteiger partial charge in [-0.1, -0.05) is 19.9 Å². The molecule has 0 bridgehead atoms. The zero-order chi connectivity index (χ0) is 27.8. The topological polar surface area (TPSA) is 74.4 Å². The molecular formula is C27H29F4N5O2. The van der Waals surface area contributed by atoms with Crippen LogP contribution in [0.25, 0.3) is 11.0 Å². The van der Waals surface area contributed by atoms with Gasteiger partial charge in [-0.3, -0.25) is 9.69 Å². The number of fused-ring (bicyclic) bond motifs is 1. The van der Waals surface area contributed by atoms with E-state index >= 15 is 4.39 Å². The molecule has 0 radical (unpaired) electrons. The largest absolute Gasteiger partial charge is 0.573 e. The van der Waals surface area contributed by atoms with Crippen molar-refractivity contribution in [2.24, 2.45) is 7.05 Å². The van der Waals surface area contributed by atoms with Crippen molar-refractivity contribution in [3.05, 3.63) is 63.8 Å². The molecule has 1 unspecified atom stereocenters. The van der Waals surface area contributed by atoms with Gasteiger partial charge < -0.3 is 14.2 Å². The molecule has 0 spiro atoms. The maximum Gasteiger partial charge on any atom is 0.573 e. The Morgan fingerprint density at radius 2 is 1.92 bits per heavy atom. The summed E-state index contributed by atoms with van der Waals surface area (Å²) in [5.41, 5.74) is 2.16. The molecule has 2 aromatic heterocycles. The summed E-state index contributed by atoms with van der Waals surface area (Å²) in [6.07, 6.45) is -3.64. The van der Waals surface area contributed by atoms with Crippen LogP contribution in [-0.2, 0) is 7.05 Å². The molecule has 4 rings (SSSR count). The molecule has 3 heterocycles. The normalized spacial score (nSPS) is 19.4. The monoisotopic (exact) mass is 531 g/mol. The Morgan fingerprint density at radius 3 is 2.53 bits per heavy atom. The maximum absolute atomic E-state index is 15.1. The smallest absolute Gasteiger partial charge is 0.406 e. The summed E-state index contributed by atoms with van der Waals surface area (Å²) in [7, 11) is 1.66. The SMILES string of the molecule is CCC(c1ccc(OC(F)(F)F)cc1F)N1C[C@H](C)N(c2cc(=O)n(C)c3ccc(C#N)nc23)C[C@H]1CC. The average molecular weight is 532 g/mol. The number of piperazine rings is 1. The van der Waals surface area contributed by atoms with Gasteiger partial charge in [0.1, 0.15) is 28.8 Å². The number of benzene rings is 1. The molecule has 3 atom stereocenters. The first-order valence-electron chi connectivity index (χ1n) is 12.5. The number of hydrogen-bond acceptors (Lipinski definition) is 6. The molecule has 11 heteroatoms. The van der Waals surface area contributed by atoms with Crippen molar-refractivity contribution in [1.82, 2.24) is 14.5 Å². The lowest BCUT2D eigenvalue weighted by molar-refractivity contribution is -0.274. The van der Waals surface area contributed by atoms with Gasteiger partial charge in [0, 0.05) is 56.0 Å². The molecule has 3 aromatic rings. The van der Waals surface area contributed by atoms with Crippen molar-refractivity contribution in [3.8, 4) is 11.8 Å². The Balaban J connectivity index is 1.69. The van der Waals surface area contributed by atoms with Crippen molar-refractivity contribution in [2.45, 2.75) is 58.1 Å². The minimum absolute atomic E-state index is 0.0418. The van der Waals surface area contributed by atoms with Crippen LogP contribution in [0.5, 0.6) is 5.75 Å². The molecule has 38 heavy (non-hydrogen) atoms. The van der Waals surface area contributed by atoms with E-state index in [1.807, 2.05) is 20.8 Å². The molecule has 1 saturated heterocycles. The van der Waals surface area contributed by atoms with Crippen molar-refractivity contribution < 1.29 is 22.3 Å². The number of halogens is 4. The molecular weight excluding hydrogens is 502 g/mol. The van der Waals surface area contributed by atoms with Gasteiger partial charge in [-0.05, 0) is 38.0 Å². The second kappa shape index (κ2) is 10.6. The number of anilines is 1. The van der Waals surface area contributed by atoms with E-state index in [2.05, 4.69) is 25.6 Å². The predicted octanol–water partition coefficient (Wildman–Crippen LogP) is 5.28. The maximum atomic E-state index is 15.1. The third-order valence-corrected chi connectivity index (χ3v) is 7.20. The highest BCUT2D eigenvalue weighted by Crippen LogP contribution is 2.36. The first-order chi connectivity index (χ1) is 18.0. The zero-order valence-corrected chi connectivity index (χ0v) is 21.6. The highest BCUT2D eigenvalue weighted by atomic mass is 19.4. The predicted molar refractivity (Wildman–Crippen MR) is 135 cm³/mol. The highest BCUT2D eigenvalue weighted by Gasteiger charge is 2.37. The van der Waals surface area contributed by atoms with Gasteiger partial charge in [-0.2, -0.15) is 5.26 Å². The van der Waals surface area contributed by atoms with E-state index in [4.69, 9.17) is 0 Å². The quantitative estimate of drug-likeness (QED) is 0.403. The minimum atomic E-state index is -4.90. The Bertz CT molecular complexity index is 1430. The van der Waals surface area contributed by atoms with Gasteiger partial charge in [-0.25, -0.2) is 9.37 Å². The van der Waals surface area contributed by atoms with Crippen LogP contribution in [0.3, 0.4) is 0 Å². The number of rotatable bonds is 6. The van der Waals surface area contributed by atoms with E-state index < -0.39 is 17.9 Å². The fraction of sp³-hybridized carbons (Fsp3) is 0.444. The van der Waals surface area contributed by atoms with E-state index in [-0.39, 0.29) is 29.4 Å². The fourth-order valence-corrected chi connectivity index (χ4v) is 5.35. The van der Waals surface area contributed by atoms with E-state index in [1.54, 1.807) is 19.2 Å². The molecule has 0 saturated carbocycles. The van der Waals surface area contributed by atoms with Crippen molar-refractivity contribution >= 4 is 16.7 Å². The van der Waals surface area contributed by atoms with Crippen LogP contribution in [0.1, 0.15) is 50.9 Å². The molecule has 1 fully saturated rings. The Morgan fingerprint density at radius 1 is 1.18 bits per heavy atom. The number of aryl methyl sites for hydroxylation is 1. The Kier molecular flexibility index (Phi) is 7.65. The summed E-state index contributed by atoms with van der Waals surface area (Å²) in [5, 5.41) is 9.39. The fourth-order valence-electron chi connectivity index (χ4n) is 5.35. The van der Waals surface area contributed by atoms with Gasteiger partial charge >= 0.3 is 6.36 Å². The molecule has 0 N–H and O–H groups in total. The second-order valence-corrected chi connectivity index (χ2v) is 9.52. The second-order valence-electron chi connectivity index (χ2n) is 9.52. The van der Waals surface area contributed by atoms with Crippen LogP contribution in [0, 0.1) is 17.1 Å². The number of aromatic nitrogens is 2. The van der Waals surface area contributed by atoms with Gasteiger partial charge in [-0.15, -0.1) is 13.2 Å². The van der Waals surface area contributed by atoms with Crippen molar-refractivity contribution in [1.29, 1.82) is 5.26 Å². The van der Waals surface area contributed by atoms with Crippen LogP contribution in [0.15, 0.2) is 41.2 Å². The number of ether oxygens (including phenoxy) is 1. The van der Waals surface area contributed by atoms with Gasteiger partial charge in [0.25, 0.3) is 5.56 Å². The number of hydrogen-bond donors (Lipinski definition) is 0. The van der Waals surface area contributed by atoms with Gasteiger partial charge in [0.05, 0.1) is 11.2 Å². The van der Waals surface area contributed by atoms with Crippen molar-refractivity contribution in [3.63, 3.8) is 0 Å². The lowest BCUT2D eigenvalue weighted by atomic mass is 9.95. The summed E-state index contributed by atoms with van der Waals surface area (Å²) in [5.74, 6) is -1.35. The van der Waals surface area contributed by atoms with Crippen LogP contribution in [-0.4, -0.2) is 46.0 Å². The molecule has 7 nitrogen and oxygen atoms in total. The summed E-state index contributed by atoms with van der Waals surface area (Å²) < 4.78 is 58.2. The number of alkyl halides is 3. The third kappa shape index (κ3) is 5.31. The Labute approximate surface area is 217 Å². The van der Waals surface area contributed by atoms with E-state index in [0.717, 1.165) is 18.6 Å². The van der Waals surface area contributed by atoms with Crippen LogP contribution in [0.4, 0.5) is 23.2 Å². The number of pyridine rings is 2. The van der Waals surface area contributed by atoms with E-state index in [0.29, 0.717) is 41.8 Å². The first-order valence-corrected chi connectivity index (χ1v) is 12.5.